The molecular weight excluding hydrogens is 330 g/mol. The van der Waals surface area contributed by atoms with E-state index in [0.29, 0.717) is 11.1 Å². The molecule has 0 spiro atoms. The number of rotatable bonds is 4. The highest BCUT2D eigenvalue weighted by atomic mass is 35.5. The minimum atomic E-state index is -0.844. The molecule has 2 aromatic rings. The third kappa shape index (κ3) is 3.30. The van der Waals surface area contributed by atoms with E-state index in [2.05, 4.69) is 14.5 Å². The van der Waals surface area contributed by atoms with Crippen LogP contribution in [0.5, 0.6) is 0 Å². The summed E-state index contributed by atoms with van der Waals surface area (Å²) in [4.78, 5) is 19.8. The molecule has 1 fully saturated rings. The van der Waals surface area contributed by atoms with Crippen LogP contribution in [0.25, 0.3) is 11.2 Å². The molecule has 0 aromatic carbocycles. The number of aliphatic carboxylic acids is 1. The second-order valence-corrected chi connectivity index (χ2v) is 7.39. The Bertz CT molecular complexity index is 671. The van der Waals surface area contributed by atoms with Gasteiger partial charge in [-0.2, -0.15) is 11.8 Å². The standard InChI is InChI=1S/C13H14ClN3O2S2/c14-8-5-10-12(15-6-8)17(9-1-3-20-4-2-9)13(16-10)21-7-11(18)19/h5-6,9H,1-4,7H2,(H,18,19). The van der Waals surface area contributed by atoms with E-state index in [1.807, 2.05) is 11.8 Å². The monoisotopic (exact) mass is 343 g/mol. The van der Waals surface area contributed by atoms with Crippen LogP contribution in [0.1, 0.15) is 18.9 Å². The summed E-state index contributed by atoms with van der Waals surface area (Å²) in [6, 6.07) is 2.12. The summed E-state index contributed by atoms with van der Waals surface area (Å²) < 4.78 is 2.10. The summed E-state index contributed by atoms with van der Waals surface area (Å²) >= 11 is 9.17. The van der Waals surface area contributed by atoms with Gasteiger partial charge in [0.15, 0.2) is 10.8 Å². The van der Waals surface area contributed by atoms with E-state index in [-0.39, 0.29) is 5.75 Å². The highest BCUT2D eigenvalue weighted by Crippen LogP contribution is 2.34. The molecule has 1 aliphatic heterocycles. The molecule has 1 aliphatic rings. The van der Waals surface area contributed by atoms with E-state index in [1.165, 1.54) is 11.8 Å². The Morgan fingerprint density at radius 2 is 2.29 bits per heavy atom. The first kappa shape index (κ1) is 15.0. The number of hydrogen-bond acceptors (Lipinski definition) is 5. The van der Waals surface area contributed by atoms with Gasteiger partial charge in [0.25, 0.3) is 0 Å². The smallest absolute Gasteiger partial charge is 0.313 e. The zero-order valence-electron chi connectivity index (χ0n) is 11.2. The Kier molecular flexibility index (Phi) is 4.61. The number of fused-ring (bicyclic) bond motifs is 1. The first-order chi connectivity index (χ1) is 10.1. The van der Waals surface area contributed by atoms with Crippen LogP contribution in [0.2, 0.25) is 5.02 Å². The van der Waals surface area contributed by atoms with Crippen LogP contribution in [-0.2, 0) is 4.79 Å². The Hall–Kier alpha value is -0.920. The molecule has 0 aliphatic carbocycles. The fourth-order valence-corrected chi connectivity index (χ4v) is 4.46. The summed E-state index contributed by atoms with van der Waals surface area (Å²) in [5, 5.41) is 10.2. The highest BCUT2D eigenvalue weighted by Gasteiger charge is 2.23. The quantitative estimate of drug-likeness (QED) is 0.859. The van der Waals surface area contributed by atoms with Crippen LogP contribution in [-0.4, -0.2) is 42.9 Å². The zero-order valence-corrected chi connectivity index (χ0v) is 13.5. The van der Waals surface area contributed by atoms with Gasteiger partial charge in [-0.05, 0) is 30.4 Å². The maximum atomic E-state index is 10.8. The van der Waals surface area contributed by atoms with Crippen molar-refractivity contribution in [3.63, 3.8) is 0 Å². The highest BCUT2D eigenvalue weighted by molar-refractivity contribution is 7.99. The van der Waals surface area contributed by atoms with E-state index in [1.54, 1.807) is 12.3 Å². The number of halogens is 1. The average Bonchev–Trinajstić information content (AvgIpc) is 2.83. The first-order valence-corrected chi connectivity index (χ1v) is 9.13. The van der Waals surface area contributed by atoms with E-state index in [9.17, 15) is 4.79 Å². The number of nitrogens with zero attached hydrogens (tertiary/aromatic N) is 3. The van der Waals surface area contributed by atoms with Crippen molar-refractivity contribution in [3.8, 4) is 0 Å². The maximum Gasteiger partial charge on any atom is 0.313 e. The van der Waals surface area contributed by atoms with Gasteiger partial charge in [-0.25, -0.2) is 9.97 Å². The summed E-state index contributed by atoms with van der Waals surface area (Å²) in [6.45, 7) is 0. The van der Waals surface area contributed by atoms with Crippen molar-refractivity contribution in [1.82, 2.24) is 14.5 Å². The van der Waals surface area contributed by atoms with E-state index in [0.717, 1.165) is 40.7 Å². The molecule has 3 heterocycles. The Balaban J connectivity index is 2.03. The molecule has 3 rings (SSSR count). The van der Waals surface area contributed by atoms with E-state index < -0.39 is 5.97 Å². The van der Waals surface area contributed by atoms with Gasteiger partial charge >= 0.3 is 5.97 Å². The maximum absolute atomic E-state index is 10.8. The van der Waals surface area contributed by atoms with Gasteiger partial charge in [-0.15, -0.1) is 0 Å². The van der Waals surface area contributed by atoms with Crippen LogP contribution >= 0.6 is 35.1 Å². The van der Waals surface area contributed by atoms with Crippen molar-refractivity contribution in [2.75, 3.05) is 17.3 Å². The lowest BCUT2D eigenvalue weighted by Gasteiger charge is -2.24. The number of thioether (sulfide) groups is 2. The topological polar surface area (TPSA) is 68.0 Å². The molecular formula is C13H14ClN3O2S2. The molecule has 5 nitrogen and oxygen atoms in total. The molecule has 112 valence electrons. The number of carboxylic acids is 1. The van der Waals surface area contributed by atoms with Crippen molar-refractivity contribution in [1.29, 1.82) is 0 Å². The largest absolute Gasteiger partial charge is 0.481 e. The van der Waals surface area contributed by atoms with Crippen molar-refractivity contribution < 1.29 is 9.90 Å². The van der Waals surface area contributed by atoms with Gasteiger partial charge in [-0.1, -0.05) is 23.4 Å². The molecule has 2 aromatic heterocycles. The van der Waals surface area contributed by atoms with Crippen LogP contribution in [0.15, 0.2) is 17.4 Å². The van der Waals surface area contributed by atoms with Gasteiger partial charge in [0, 0.05) is 12.2 Å². The third-order valence-electron chi connectivity index (χ3n) is 3.34. The lowest BCUT2D eigenvalue weighted by atomic mass is 10.1. The second kappa shape index (κ2) is 6.46. The fraction of sp³-hybridized carbons (Fsp3) is 0.462. The van der Waals surface area contributed by atoms with Crippen molar-refractivity contribution in [2.24, 2.45) is 0 Å². The number of hydrogen-bond donors (Lipinski definition) is 1. The number of carbonyl (C=O) groups is 1. The normalized spacial score (nSPS) is 16.4. The number of imidazole rings is 1. The van der Waals surface area contributed by atoms with Crippen molar-refractivity contribution in [3.05, 3.63) is 17.3 Å². The van der Waals surface area contributed by atoms with Crippen molar-refractivity contribution in [2.45, 2.75) is 24.0 Å². The molecule has 0 atom stereocenters. The van der Waals surface area contributed by atoms with E-state index in [4.69, 9.17) is 16.7 Å². The summed E-state index contributed by atoms with van der Waals surface area (Å²) in [6.07, 6.45) is 3.73. The van der Waals surface area contributed by atoms with Gasteiger partial charge in [0.1, 0.15) is 5.52 Å². The van der Waals surface area contributed by atoms with E-state index >= 15 is 0 Å². The molecule has 0 unspecified atom stereocenters. The SMILES string of the molecule is O=C(O)CSc1nc2cc(Cl)cnc2n1C1CCSCC1. The zero-order chi connectivity index (χ0) is 14.8. The van der Waals surface area contributed by atoms with Gasteiger partial charge in [0.2, 0.25) is 0 Å². The number of pyridine rings is 1. The number of aromatic nitrogens is 3. The fourth-order valence-electron chi connectivity index (χ4n) is 2.44. The molecule has 8 heteroatoms. The lowest BCUT2D eigenvalue weighted by molar-refractivity contribution is -0.133. The average molecular weight is 344 g/mol. The minimum absolute atomic E-state index is 0.00146. The van der Waals surface area contributed by atoms with Crippen LogP contribution in [0.3, 0.4) is 0 Å². The predicted molar refractivity (Wildman–Crippen MR) is 86.5 cm³/mol. The van der Waals surface area contributed by atoms with Crippen molar-refractivity contribution >= 4 is 52.3 Å². The molecule has 0 radical (unpaired) electrons. The minimum Gasteiger partial charge on any atom is -0.481 e. The van der Waals surface area contributed by atoms with Gasteiger partial charge in [0.05, 0.1) is 10.8 Å². The number of carboxylic acid groups (broad SMARTS) is 1. The van der Waals surface area contributed by atoms with Crippen LogP contribution in [0.4, 0.5) is 0 Å². The van der Waals surface area contributed by atoms with Crippen LogP contribution in [0, 0.1) is 0 Å². The predicted octanol–water partition coefficient (Wildman–Crippen LogP) is 3.33. The summed E-state index contributed by atoms with van der Waals surface area (Å²) in [5.74, 6) is 1.38. The summed E-state index contributed by atoms with van der Waals surface area (Å²) in [5.41, 5.74) is 1.53. The second-order valence-electron chi connectivity index (χ2n) is 4.79. The molecule has 0 bridgehead atoms. The molecule has 1 N–H and O–H groups in total. The molecule has 21 heavy (non-hydrogen) atoms. The van der Waals surface area contributed by atoms with Gasteiger partial charge in [-0.3, -0.25) is 4.79 Å². The third-order valence-corrected chi connectivity index (χ3v) is 5.54. The van der Waals surface area contributed by atoms with Crippen LogP contribution < -0.4 is 0 Å². The summed E-state index contributed by atoms with van der Waals surface area (Å²) in [7, 11) is 0. The molecule has 1 saturated heterocycles. The Morgan fingerprint density at radius 1 is 1.52 bits per heavy atom. The Morgan fingerprint density at radius 3 is 3.00 bits per heavy atom. The molecule has 0 saturated carbocycles. The lowest BCUT2D eigenvalue weighted by Crippen LogP contribution is -2.16. The van der Waals surface area contributed by atoms with Gasteiger partial charge < -0.3 is 9.67 Å². The Labute approximate surface area is 135 Å². The first-order valence-electron chi connectivity index (χ1n) is 6.61. The molecule has 0 amide bonds.